The molecule has 3 rings (SSSR count). The summed E-state index contributed by atoms with van der Waals surface area (Å²) in [6.45, 7) is 3.27. The van der Waals surface area contributed by atoms with Crippen LogP contribution in [0.4, 0.5) is 5.95 Å². The third kappa shape index (κ3) is 1.59. The van der Waals surface area contributed by atoms with E-state index in [4.69, 9.17) is 5.73 Å². The molecule has 0 bridgehead atoms. The lowest BCUT2D eigenvalue weighted by Gasteiger charge is -2.17. The molecule has 0 spiro atoms. The van der Waals surface area contributed by atoms with Crippen LogP contribution in [0.15, 0.2) is 4.79 Å². The number of hydrogen-bond acceptors (Lipinski definition) is 5. The molecule has 1 saturated heterocycles. The molecular weight excluding hydrogens is 234 g/mol. The summed E-state index contributed by atoms with van der Waals surface area (Å²) < 4.78 is 0. The Morgan fingerprint density at radius 3 is 2.89 bits per heavy atom. The molecule has 0 radical (unpaired) electrons. The largest absolute Gasteiger partial charge is 0.344 e. The molecule has 1 aromatic rings. The van der Waals surface area contributed by atoms with E-state index in [1.807, 2.05) is 11.8 Å². The number of rotatable bonds is 1. The molecule has 3 heterocycles. The van der Waals surface area contributed by atoms with Crippen molar-refractivity contribution in [3.8, 4) is 0 Å². The first-order valence-electron chi connectivity index (χ1n) is 6.02. The fraction of sp³-hybridized carbons (Fsp3) is 0.545. The summed E-state index contributed by atoms with van der Waals surface area (Å²) in [6, 6.07) is -0.106. The second-order valence-corrected chi connectivity index (χ2v) is 4.84. The Hall–Kier alpha value is -1.89. The summed E-state index contributed by atoms with van der Waals surface area (Å²) in [5, 5.41) is 2.68. The number of H-pyrrole nitrogens is 1. The van der Waals surface area contributed by atoms with Crippen molar-refractivity contribution in [1.29, 1.82) is 0 Å². The van der Waals surface area contributed by atoms with Gasteiger partial charge in [0.1, 0.15) is 5.56 Å². The predicted octanol–water partition coefficient (Wildman–Crippen LogP) is -0.888. The van der Waals surface area contributed by atoms with Crippen LogP contribution < -0.4 is 21.5 Å². The summed E-state index contributed by atoms with van der Waals surface area (Å²) in [4.78, 5) is 32.5. The maximum absolute atomic E-state index is 11.9. The van der Waals surface area contributed by atoms with Gasteiger partial charge in [-0.2, -0.15) is 0 Å². The van der Waals surface area contributed by atoms with Crippen LogP contribution in [0, 0.1) is 0 Å². The predicted molar refractivity (Wildman–Crippen MR) is 65.5 cm³/mol. The second-order valence-electron chi connectivity index (χ2n) is 4.84. The minimum absolute atomic E-state index is 0.112. The maximum Gasteiger partial charge on any atom is 0.265 e. The van der Waals surface area contributed by atoms with Crippen molar-refractivity contribution < 1.29 is 4.79 Å². The minimum atomic E-state index is -0.377. The monoisotopic (exact) mass is 249 g/mol. The molecular formula is C11H15N5O2. The van der Waals surface area contributed by atoms with E-state index >= 15 is 0 Å². The highest BCUT2D eigenvalue weighted by Crippen LogP contribution is 2.22. The summed E-state index contributed by atoms with van der Waals surface area (Å²) in [7, 11) is 0. The zero-order valence-corrected chi connectivity index (χ0v) is 10.1. The Kier molecular flexibility index (Phi) is 2.37. The first-order chi connectivity index (χ1) is 8.56. The van der Waals surface area contributed by atoms with Crippen molar-refractivity contribution in [3.63, 3.8) is 0 Å². The second kappa shape index (κ2) is 3.81. The lowest BCUT2D eigenvalue weighted by Crippen LogP contribution is -2.30. The molecule has 7 nitrogen and oxygen atoms in total. The van der Waals surface area contributed by atoms with Crippen LogP contribution in [0.3, 0.4) is 0 Å². The Morgan fingerprint density at radius 2 is 2.22 bits per heavy atom. The Balaban J connectivity index is 2.05. The molecule has 2 atom stereocenters. The number of aromatic nitrogens is 2. The molecule has 1 aromatic heterocycles. The molecule has 1 unspecified atom stereocenters. The van der Waals surface area contributed by atoms with Crippen LogP contribution >= 0.6 is 0 Å². The minimum Gasteiger partial charge on any atom is -0.344 e. The Morgan fingerprint density at radius 1 is 1.44 bits per heavy atom. The lowest BCUT2D eigenvalue weighted by molar-refractivity contribution is 0.0957. The van der Waals surface area contributed by atoms with Crippen molar-refractivity contribution in [1.82, 2.24) is 15.3 Å². The van der Waals surface area contributed by atoms with Gasteiger partial charge in [0.2, 0.25) is 5.95 Å². The quantitative estimate of drug-likeness (QED) is 0.599. The normalized spacial score (nSPS) is 26.3. The van der Waals surface area contributed by atoms with E-state index in [0.29, 0.717) is 18.2 Å². The molecule has 2 aliphatic heterocycles. The molecule has 1 amide bonds. The van der Waals surface area contributed by atoms with Crippen molar-refractivity contribution in [3.05, 3.63) is 21.6 Å². The number of nitrogens with two attached hydrogens (primary N) is 1. The Labute approximate surface area is 103 Å². The number of aromatic amines is 1. The van der Waals surface area contributed by atoms with Crippen LogP contribution in [0.25, 0.3) is 0 Å². The highest BCUT2D eigenvalue weighted by atomic mass is 16.2. The standard InChI is InChI=1S/C11H15N5O2/c1-5-8-7(9(17)13-5)10(18)15-11(14-8)16-3-2-6(12)4-16/h5-6H,2-4,12H2,1H3,(H,13,17)(H,14,15,18)/t5-,6?/m0/s1. The number of nitrogens with zero attached hydrogens (tertiary/aromatic N) is 2. The summed E-state index contributed by atoms with van der Waals surface area (Å²) >= 11 is 0. The molecule has 1 fully saturated rings. The van der Waals surface area contributed by atoms with Gasteiger partial charge in [-0.15, -0.1) is 0 Å². The number of amides is 1. The van der Waals surface area contributed by atoms with Crippen LogP contribution in [0.1, 0.15) is 35.4 Å². The molecule has 0 aromatic carbocycles. The van der Waals surface area contributed by atoms with Gasteiger partial charge in [0, 0.05) is 19.1 Å². The van der Waals surface area contributed by atoms with Crippen molar-refractivity contribution in [2.75, 3.05) is 18.0 Å². The average Bonchev–Trinajstić information content (AvgIpc) is 2.84. The van der Waals surface area contributed by atoms with Gasteiger partial charge in [0.15, 0.2) is 0 Å². The molecule has 0 saturated carbocycles. The van der Waals surface area contributed by atoms with Crippen LogP contribution in [-0.4, -0.2) is 35.0 Å². The van der Waals surface area contributed by atoms with E-state index in [1.54, 1.807) is 0 Å². The van der Waals surface area contributed by atoms with E-state index in [-0.39, 0.29) is 29.1 Å². The fourth-order valence-corrected chi connectivity index (χ4v) is 2.48. The van der Waals surface area contributed by atoms with E-state index in [9.17, 15) is 9.59 Å². The van der Waals surface area contributed by atoms with Crippen LogP contribution in [0.2, 0.25) is 0 Å². The van der Waals surface area contributed by atoms with Gasteiger partial charge in [-0.1, -0.05) is 0 Å². The van der Waals surface area contributed by atoms with Gasteiger partial charge < -0.3 is 16.0 Å². The fourth-order valence-electron chi connectivity index (χ4n) is 2.48. The van der Waals surface area contributed by atoms with E-state index in [2.05, 4.69) is 15.3 Å². The molecule has 2 aliphatic rings. The number of carbonyl (C=O) groups is 1. The number of nitrogens with one attached hydrogen (secondary N) is 2. The van der Waals surface area contributed by atoms with Crippen molar-refractivity contribution >= 4 is 11.9 Å². The van der Waals surface area contributed by atoms with Crippen molar-refractivity contribution in [2.24, 2.45) is 5.73 Å². The zero-order chi connectivity index (χ0) is 12.9. The van der Waals surface area contributed by atoms with E-state index in [0.717, 1.165) is 13.0 Å². The average molecular weight is 249 g/mol. The van der Waals surface area contributed by atoms with Gasteiger partial charge in [0.25, 0.3) is 11.5 Å². The van der Waals surface area contributed by atoms with Gasteiger partial charge >= 0.3 is 0 Å². The number of hydrogen-bond donors (Lipinski definition) is 3. The molecule has 18 heavy (non-hydrogen) atoms. The number of fused-ring (bicyclic) bond motifs is 1. The third-order valence-electron chi connectivity index (χ3n) is 3.44. The number of anilines is 1. The van der Waals surface area contributed by atoms with Crippen LogP contribution in [-0.2, 0) is 0 Å². The Bertz CT molecular complexity index is 567. The zero-order valence-electron chi connectivity index (χ0n) is 10.1. The molecule has 7 heteroatoms. The van der Waals surface area contributed by atoms with Gasteiger partial charge in [-0.3, -0.25) is 14.6 Å². The topological polar surface area (TPSA) is 104 Å². The van der Waals surface area contributed by atoms with Crippen molar-refractivity contribution in [2.45, 2.75) is 25.4 Å². The van der Waals surface area contributed by atoms with Gasteiger partial charge in [0.05, 0.1) is 11.7 Å². The summed E-state index contributed by atoms with van der Waals surface area (Å²) in [6.07, 6.45) is 0.882. The van der Waals surface area contributed by atoms with E-state index in [1.165, 1.54) is 0 Å². The summed E-state index contributed by atoms with van der Waals surface area (Å²) in [5.41, 5.74) is 6.12. The highest BCUT2D eigenvalue weighted by Gasteiger charge is 2.32. The lowest BCUT2D eigenvalue weighted by atomic mass is 10.2. The van der Waals surface area contributed by atoms with Gasteiger partial charge in [-0.25, -0.2) is 4.98 Å². The highest BCUT2D eigenvalue weighted by molar-refractivity contribution is 5.98. The third-order valence-corrected chi connectivity index (χ3v) is 3.44. The number of carbonyl (C=O) groups excluding carboxylic acids is 1. The maximum atomic E-state index is 11.9. The summed E-state index contributed by atoms with van der Waals surface area (Å²) in [5.74, 6) is 0.158. The van der Waals surface area contributed by atoms with E-state index < -0.39 is 0 Å². The smallest absolute Gasteiger partial charge is 0.265 e. The molecule has 0 aliphatic carbocycles. The van der Waals surface area contributed by atoms with Crippen LogP contribution in [0.5, 0.6) is 0 Å². The molecule has 4 N–H and O–H groups in total. The SMILES string of the molecule is C[C@@H]1NC(=O)c2c1nc(N1CCC(N)C1)[nH]c2=O. The molecule has 96 valence electrons. The first-order valence-corrected chi connectivity index (χ1v) is 6.02. The van der Waals surface area contributed by atoms with Gasteiger partial charge in [-0.05, 0) is 13.3 Å². The first kappa shape index (κ1) is 11.2.